The fourth-order valence-corrected chi connectivity index (χ4v) is 4.70. The van der Waals surface area contributed by atoms with Crippen molar-refractivity contribution >= 4 is 11.8 Å². The summed E-state index contributed by atoms with van der Waals surface area (Å²) in [6, 6.07) is 8.39. The van der Waals surface area contributed by atoms with Crippen LogP contribution in [-0.2, 0) is 11.2 Å². The third-order valence-corrected chi connectivity index (χ3v) is 6.27. The summed E-state index contributed by atoms with van der Waals surface area (Å²) in [4.78, 5) is 29.3. The molecule has 2 aliphatic rings. The fourth-order valence-electron chi connectivity index (χ4n) is 4.70. The van der Waals surface area contributed by atoms with Gasteiger partial charge in [0.05, 0.1) is 6.42 Å². The zero-order chi connectivity index (χ0) is 20.2. The summed E-state index contributed by atoms with van der Waals surface area (Å²) in [7, 11) is 0. The number of hydrogen-bond donors (Lipinski definition) is 1. The third kappa shape index (κ3) is 4.33. The van der Waals surface area contributed by atoms with Gasteiger partial charge in [-0.2, -0.15) is 5.10 Å². The summed E-state index contributed by atoms with van der Waals surface area (Å²) in [5, 5.41) is 6.59. The van der Waals surface area contributed by atoms with Gasteiger partial charge in [0.1, 0.15) is 11.5 Å². The van der Waals surface area contributed by atoms with E-state index in [0.717, 1.165) is 38.6 Å². The second kappa shape index (κ2) is 8.76. The molecule has 3 heterocycles. The normalized spacial score (nSPS) is 20.7. The van der Waals surface area contributed by atoms with Gasteiger partial charge in [0.25, 0.3) is 5.91 Å². The highest BCUT2D eigenvalue weighted by Gasteiger charge is 2.35. The van der Waals surface area contributed by atoms with Gasteiger partial charge in [0.2, 0.25) is 5.91 Å². The Morgan fingerprint density at radius 3 is 2.59 bits per heavy atom. The Balaban J connectivity index is 1.38. The predicted octanol–water partition coefficient (Wildman–Crippen LogP) is 3.02. The molecule has 0 saturated carbocycles. The minimum absolute atomic E-state index is 0.00997. The lowest BCUT2D eigenvalue weighted by Crippen LogP contribution is -2.51. The molecule has 0 unspecified atom stereocenters. The van der Waals surface area contributed by atoms with Gasteiger partial charge in [-0.1, -0.05) is 18.2 Å². The molecule has 1 N–H and O–H groups in total. The van der Waals surface area contributed by atoms with Crippen LogP contribution in [0, 0.1) is 11.7 Å². The van der Waals surface area contributed by atoms with Gasteiger partial charge in [0, 0.05) is 31.9 Å². The van der Waals surface area contributed by atoms with Crippen LogP contribution >= 0.6 is 0 Å². The second-order valence-electron chi connectivity index (χ2n) is 8.02. The van der Waals surface area contributed by atoms with Crippen LogP contribution in [-0.4, -0.2) is 57.5 Å². The Morgan fingerprint density at radius 1 is 1.07 bits per heavy atom. The average Bonchev–Trinajstić information content (AvgIpc) is 3.30. The van der Waals surface area contributed by atoms with Crippen molar-refractivity contribution in [2.24, 2.45) is 5.92 Å². The van der Waals surface area contributed by atoms with Gasteiger partial charge < -0.3 is 9.80 Å². The number of aromatic nitrogens is 2. The SMILES string of the molecule is O=C(c1ccn[nH]1)N1CCC([C@H]2CCCCN2C(=O)Cc2ccccc2F)CC1. The summed E-state index contributed by atoms with van der Waals surface area (Å²) in [5.41, 5.74) is 0.976. The maximum absolute atomic E-state index is 14.0. The van der Waals surface area contributed by atoms with Crippen LogP contribution in [0.15, 0.2) is 36.5 Å². The minimum Gasteiger partial charge on any atom is -0.339 e. The van der Waals surface area contributed by atoms with Crippen molar-refractivity contribution in [1.82, 2.24) is 20.0 Å². The lowest BCUT2D eigenvalue weighted by Gasteiger charge is -2.43. The van der Waals surface area contributed by atoms with E-state index in [4.69, 9.17) is 0 Å². The fraction of sp³-hybridized carbons (Fsp3) is 0.500. The molecule has 1 atom stereocenters. The molecule has 2 aromatic rings. The Kier molecular flexibility index (Phi) is 5.92. The van der Waals surface area contributed by atoms with Crippen molar-refractivity contribution in [1.29, 1.82) is 0 Å². The van der Waals surface area contributed by atoms with Gasteiger partial charge in [0.15, 0.2) is 0 Å². The van der Waals surface area contributed by atoms with Gasteiger partial charge in [-0.3, -0.25) is 14.7 Å². The van der Waals surface area contributed by atoms with E-state index in [-0.39, 0.29) is 30.1 Å². The maximum atomic E-state index is 14.0. The van der Waals surface area contributed by atoms with E-state index in [1.165, 1.54) is 6.07 Å². The first-order chi connectivity index (χ1) is 14.1. The Morgan fingerprint density at radius 2 is 1.86 bits per heavy atom. The van der Waals surface area contributed by atoms with Crippen molar-refractivity contribution in [2.75, 3.05) is 19.6 Å². The number of benzene rings is 1. The number of H-pyrrole nitrogens is 1. The van der Waals surface area contributed by atoms with E-state index in [0.29, 0.717) is 30.3 Å². The Labute approximate surface area is 170 Å². The quantitative estimate of drug-likeness (QED) is 0.861. The van der Waals surface area contributed by atoms with Gasteiger partial charge in [-0.25, -0.2) is 4.39 Å². The first-order valence-corrected chi connectivity index (χ1v) is 10.4. The maximum Gasteiger partial charge on any atom is 0.271 e. The molecule has 0 spiro atoms. The van der Waals surface area contributed by atoms with Crippen LogP contribution in [0.25, 0.3) is 0 Å². The predicted molar refractivity (Wildman–Crippen MR) is 107 cm³/mol. The molecule has 1 aromatic carbocycles. The smallest absolute Gasteiger partial charge is 0.271 e. The zero-order valence-corrected chi connectivity index (χ0v) is 16.5. The van der Waals surface area contributed by atoms with E-state index < -0.39 is 0 Å². The molecule has 4 rings (SSSR count). The highest BCUT2D eigenvalue weighted by molar-refractivity contribution is 5.92. The van der Waals surface area contributed by atoms with E-state index in [1.54, 1.807) is 30.5 Å². The van der Waals surface area contributed by atoms with Gasteiger partial charge in [-0.15, -0.1) is 0 Å². The second-order valence-corrected chi connectivity index (χ2v) is 8.02. The molecule has 2 saturated heterocycles. The van der Waals surface area contributed by atoms with Gasteiger partial charge >= 0.3 is 0 Å². The number of nitrogens with one attached hydrogen (secondary N) is 1. The number of likely N-dealkylation sites (tertiary alicyclic amines) is 2. The molecule has 29 heavy (non-hydrogen) atoms. The molecular weight excluding hydrogens is 371 g/mol. The molecule has 6 nitrogen and oxygen atoms in total. The molecule has 0 radical (unpaired) electrons. The van der Waals surface area contributed by atoms with Crippen LogP contribution in [0.1, 0.15) is 48.2 Å². The van der Waals surface area contributed by atoms with Crippen molar-refractivity contribution < 1.29 is 14.0 Å². The largest absolute Gasteiger partial charge is 0.339 e. The molecule has 0 aliphatic carbocycles. The Hall–Kier alpha value is -2.70. The number of amides is 2. The molecular formula is C22H27FN4O2. The molecule has 2 fully saturated rings. The number of hydrogen-bond acceptors (Lipinski definition) is 3. The lowest BCUT2D eigenvalue weighted by molar-refractivity contribution is -0.136. The summed E-state index contributed by atoms with van der Waals surface area (Å²) < 4.78 is 14.0. The van der Waals surface area contributed by atoms with Crippen LogP contribution in [0.5, 0.6) is 0 Å². The molecule has 154 valence electrons. The van der Waals surface area contributed by atoms with E-state index in [1.807, 2.05) is 9.80 Å². The standard InChI is InChI=1S/C22H27FN4O2/c23-18-6-2-1-5-17(18)15-21(28)27-12-4-3-7-20(27)16-9-13-26(14-10-16)22(29)19-8-11-24-25-19/h1-2,5-6,8,11,16,20H,3-4,7,9-10,12-15H2,(H,24,25)/t20-/m1/s1. The summed E-state index contributed by atoms with van der Waals surface area (Å²) >= 11 is 0. The number of rotatable bonds is 4. The van der Waals surface area contributed by atoms with E-state index in [2.05, 4.69) is 10.2 Å². The van der Waals surface area contributed by atoms with Crippen LogP contribution in [0.2, 0.25) is 0 Å². The number of carbonyl (C=O) groups is 2. The monoisotopic (exact) mass is 398 g/mol. The Bertz CT molecular complexity index is 846. The first kappa shape index (κ1) is 19.6. The van der Waals surface area contributed by atoms with Crippen molar-refractivity contribution in [3.63, 3.8) is 0 Å². The first-order valence-electron chi connectivity index (χ1n) is 10.4. The number of halogens is 1. The highest BCUT2D eigenvalue weighted by Crippen LogP contribution is 2.31. The van der Waals surface area contributed by atoms with Gasteiger partial charge in [-0.05, 0) is 55.7 Å². The van der Waals surface area contributed by atoms with E-state index in [9.17, 15) is 14.0 Å². The molecule has 0 bridgehead atoms. The highest BCUT2D eigenvalue weighted by atomic mass is 19.1. The molecule has 2 amide bonds. The molecule has 1 aromatic heterocycles. The number of nitrogens with zero attached hydrogens (tertiary/aromatic N) is 3. The lowest BCUT2D eigenvalue weighted by atomic mass is 9.83. The number of aromatic amines is 1. The topological polar surface area (TPSA) is 69.3 Å². The van der Waals surface area contributed by atoms with Crippen LogP contribution in [0.3, 0.4) is 0 Å². The molecule has 2 aliphatic heterocycles. The van der Waals surface area contributed by atoms with Crippen molar-refractivity contribution in [2.45, 2.75) is 44.6 Å². The molecule has 7 heteroatoms. The van der Waals surface area contributed by atoms with Crippen LogP contribution < -0.4 is 0 Å². The number of piperidine rings is 2. The average molecular weight is 398 g/mol. The summed E-state index contributed by atoms with van der Waals surface area (Å²) in [6.45, 7) is 2.12. The zero-order valence-electron chi connectivity index (χ0n) is 16.5. The minimum atomic E-state index is -0.319. The summed E-state index contributed by atoms with van der Waals surface area (Å²) in [5.74, 6) is 0.0542. The number of carbonyl (C=O) groups excluding carboxylic acids is 2. The summed E-state index contributed by atoms with van der Waals surface area (Å²) in [6.07, 6.45) is 6.56. The van der Waals surface area contributed by atoms with Crippen LogP contribution in [0.4, 0.5) is 4.39 Å². The third-order valence-electron chi connectivity index (χ3n) is 6.27. The van der Waals surface area contributed by atoms with Crippen molar-refractivity contribution in [3.05, 3.63) is 53.6 Å². The van der Waals surface area contributed by atoms with E-state index >= 15 is 0 Å². The van der Waals surface area contributed by atoms with Crippen molar-refractivity contribution in [3.8, 4) is 0 Å².